The Morgan fingerprint density at radius 3 is 2.70 bits per heavy atom. The van der Waals surface area contributed by atoms with E-state index in [-0.39, 0.29) is 0 Å². The van der Waals surface area contributed by atoms with Gasteiger partial charge in [-0.2, -0.15) is 0 Å². The first kappa shape index (κ1) is 20.0. The van der Waals surface area contributed by atoms with Crippen molar-refractivity contribution in [2.24, 2.45) is 5.92 Å². The van der Waals surface area contributed by atoms with Crippen LogP contribution in [-0.2, 0) is 11.3 Å². The van der Waals surface area contributed by atoms with Gasteiger partial charge in [0.05, 0.1) is 30.4 Å². The van der Waals surface area contributed by atoms with Crippen LogP contribution in [0.5, 0.6) is 0 Å². The zero-order valence-electron chi connectivity index (χ0n) is 16.4. The highest BCUT2D eigenvalue weighted by atomic mass is 16.5. The van der Waals surface area contributed by atoms with Gasteiger partial charge < -0.3 is 10.1 Å². The first-order chi connectivity index (χ1) is 13.4. The molecular formula is C23H33N3O. The molecule has 1 unspecified atom stereocenters. The van der Waals surface area contributed by atoms with Gasteiger partial charge in [-0.05, 0) is 44.7 Å². The number of nitrogens with zero attached hydrogens (tertiary/aromatic N) is 2. The summed E-state index contributed by atoms with van der Waals surface area (Å²) in [7, 11) is 0. The molecule has 0 saturated carbocycles. The Morgan fingerprint density at radius 2 is 1.85 bits per heavy atom. The van der Waals surface area contributed by atoms with E-state index in [1.807, 2.05) is 42.7 Å². The zero-order valence-corrected chi connectivity index (χ0v) is 16.4. The molecule has 0 radical (unpaired) electrons. The largest absolute Gasteiger partial charge is 0.375 e. The molecule has 1 aliphatic heterocycles. The van der Waals surface area contributed by atoms with Crippen LogP contribution in [0, 0.1) is 5.92 Å². The van der Waals surface area contributed by atoms with Gasteiger partial charge in [-0.25, -0.2) is 0 Å². The van der Waals surface area contributed by atoms with E-state index in [4.69, 9.17) is 4.74 Å². The van der Waals surface area contributed by atoms with Gasteiger partial charge in [0.2, 0.25) is 0 Å². The Labute approximate surface area is 163 Å². The molecule has 0 amide bonds. The Balaban J connectivity index is 1.23. The standard InChI is InChI=1S/C23H33N3O/c1(4-10-20-11-7-8-14-24-16-20)2-9-15-27-19-22-17-26-23(18-25-22)21-12-5-3-6-13-21/h3,5-6,12-13,17-18,20,24H,1-2,4,7-11,14-16,19H2. The summed E-state index contributed by atoms with van der Waals surface area (Å²) in [5, 5.41) is 3.56. The van der Waals surface area contributed by atoms with Crippen molar-refractivity contribution in [2.45, 2.75) is 58.0 Å². The van der Waals surface area contributed by atoms with E-state index in [1.165, 1.54) is 58.0 Å². The monoisotopic (exact) mass is 367 g/mol. The van der Waals surface area contributed by atoms with E-state index in [0.717, 1.165) is 35.9 Å². The second-order valence-corrected chi connectivity index (χ2v) is 7.58. The zero-order chi connectivity index (χ0) is 18.6. The molecule has 1 fully saturated rings. The Morgan fingerprint density at radius 1 is 0.963 bits per heavy atom. The Hall–Kier alpha value is -1.78. The predicted octanol–water partition coefficient (Wildman–Crippen LogP) is 5.00. The second kappa shape index (κ2) is 11.8. The van der Waals surface area contributed by atoms with Gasteiger partial charge >= 0.3 is 0 Å². The number of benzene rings is 1. The number of unbranched alkanes of at least 4 members (excludes halogenated alkanes) is 3. The lowest BCUT2D eigenvalue weighted by molar-refractivity contribution is 0.114. The average Bonchev–Trinajstić information content (AvgIpc) is 3.00. The van der Waals surface area contributed by atoms with Crippen molar-refractivity contribution in [3.63, 3.8) is 0 Å². The third-order valence-electron chi connectivity index (χ3n) is 5.32. The highest BCUT2D eigenvalue weighted by Gasteiger charge is 2.10. The highest BCUT2D eigenvalue weighted by Crippen LogP contribution is 2.18. The van der Waals surface area contributed by atoms with Crippen molar-refractivity contribution in [1.82, 2.24) is 15.3 Å². The van der Waals surface area contributed by atoms with Crippen LogP contribution in [0.4, 0.5) is 0 Å². The molecule has 4 nitrogen and oxygen atoms in total. The number of nitrogens with one attached hydrogen (secondary N) is 1. The maximum atomic E-state index is 5.77. The second-order valence-electron chi connectivity index (χ2n) is 7.58. The molecule has 27 heavy (non-hydrogen) atoms. The number of hydrogen-bond acceptors (Lipinski definition) is 4. The lowest BCUT2D eigenvalue weighted by Crippen LogP contribution is -2.20. The van der Waals surface area contributed by atoms with Gasteiger partial charge in [0.15, 0.2) is 0 Å². The normalized spacial score (nSPS) is 17.6. The Kier molecular flexibility index (Phi) is 8.75. The fraction of sp³-hybridized carbons (Fsp3) is 0.565. The molecule has 1 aliphatic rings. The lowest BCUT2D eigenvalue weighted by atomic mass is 9.96. The predicted molar refractivity (Wildman–Crippen MR) is 110 cm³/mol. The summed E-state index contributed by atoms with van der Waals surface area (Å²) in [5.74, 6) is 0.904. The van der Waals surface area contributed by atoms with Crippen LogP contribution < -0.4 is 5.32 Å². The smallest absolute Gasteiger partial charge is 0.0903 e. The summed E-state index contributed by atoms with van der Waals surface area (Å²) in [4.78, 5) is 8.96. The maximum absolute atomic E-state index is 5.77. The summed E-state index contributed by atoms with van der Waals surface area (Å²) in [5.41, 5.74) is 2.90. The molecule has 0 spiro atoms. The molecule has 0 aliphatic carbocycles. The lowest BCUT2D eigenvalue weighted by Gasteiger charge is -2.13. The molecule has 1 aromatic heterocycles. The van der Waals surface area contributed by atoms with Crippen molar-refractivity contribution in [3.05, 3.63) is 48.4 Å². The third-order valence-corrected chi connectivity index (χ3v) is 5.32. The summed E-state index contributed by atoms with van der Waals surface area (Å²) < 4.78 is 5.77. The maximum Gasteiger partial charge on any atom is 0.0903 e. The van der Waals surface area contributed by atoms with Crippen LogP contribution in [0.25, 0.3) is 11.3 Å². The van der Waals surface area contributed by atoms with Gasteiger partial charge in [-0.15, -0.1) is 0 Å². The molecular weight excluding hydrogens is 334 g/mol. The van der Waals surface area contributed by atoms with Gasteiger partial charge in [0.25, 0.3) is 0 Å². The van der Waals surface area contributed by atoms with Crippen molar-refractivity contribution in [3.8, 4) is 11.3 Å². The summed E-state index contributed by atoms with van der Waals surface area (Å²) in [6, 6.07) is 10.1. The first-order valence-electron chi connectivity index (χ1n) is 10.6. The molecule has 1 aromatic carbocycles. The molecule has 2 heterocycles. The minimum atomic E-state index is 0.551. The molecule has 146 valence electrons. The van der Waals surface area contributed by atoms with Gasteiger partial charge in [0, 0.05) is 12.2 Å². The van der Waals surface area contributed by atoms with E-state index >= 15 is 0 Å². The number of aromatic nitrogens is 2. The summed E-state index contributed by atoms with van der Waals surface area (Å²) in [6.07, 6.45) is 14.3. The van der Waals surface area contributed by atoms with Crippen molar-refractivity contribution >= 4 is 0 Å². The van der Waals surface area contributed by atoms with Crippen LogP contribution >= 0.6 is 0 Å². The van der Waals surface area contributed by atoms with Crippen LogP contribution in [0.15, 0.2) is 42.7 Å². The minimum absolute atomic E-state index is 0.551. The molecule has 0 bridgehead atoms. The van der Waals surface area contributed by atoms with E-state index in [0.29, 0.717) is 6.61 Å². The highest BCUT2D eigenvalue weighted by molar-refractivity contribution is 5.57. The summed E-state index contributed by atoms with van der Waals surface area (Å²) in [6.45, 7) is 3.81. The van der Waals surface area contributed by atoms with E-state index < -0.39 is 0 Å². The minimum Gasteiger partial charge on any atom is -0.375 e. The van der Waals surface area contributed by atoms with Crippen molar-refractivity contribution in [2.75, 3.05) is 19.7 Å². The number of ether oxygens (including phenoxy) is 1. The van der Waals surface area contributed by atoms with E-state index in [9.17, 15) is 0 Å². The molecule has 1 N–H and O–H groups in total. The quantitative estimate of drug-likeness (QED) is 0.600. The fourth-order valence-electron chi connectivity index (χ4n) is 3.69. The molecule has 3 rings (SSSR count). The molecule has 1 saturated heterocycles. The van der Waals surface area contributed by atoms with E-state index in [2.05, 4.69) is 15.3 Å². The fourth-order valence-corrected chi connectivity index (χ4v) is 3.69. The number of hydrogen-bond donors (Lipinski definition) is 1. The van der Waals surface area contributed by atoms with Gasteiger partial charge in [-0.3, -0.25) is 9.97 Å². The van der Waals surface area contributed by atoms with Crippen molar-refractivity contribution in [1.29, 1.82) is 0 Å². The van der Waals surface area contributed by atoms with Crippen LogP contribution in [0.1, 0.15) is 57.1 Å². The van der Waals surface area contributed by atoms with Crippen LogP contribution in [0.2, 0.25) is 0 Å². The topological polar surface area (TPSA) is 47.0 Å². The molecule has 1 atom stereocenters. The molecule has 4 heteroatoms. The average molecular weight is 368 g/mol. The van der Waals surface area contributed by atoms with Gasteiger partial charge in [0.1, 0.15) is 0 Å². The van der Waals surface area contributed by atoms with Crippen molar-refractivity contribution < 1.29 is 4.74 Å². The van der Waals surface area contributed by atoms with Crippen LogP contribution in [0.3, 0.4) is 0 Å². The SMILES string of the molecule is c1ccc(-c2cnc(COCCCCCCC3CCCCNC3)cn2)cc1. The van der Waals surface area contributed by atoms with Gasteiger partial charge in [-0.1, -0.05) is 56.0 Å². The Bertz CT molecular complexity index is 622. The number of rotatable bonds is 10. The molecule has 2 aromatic rings. The third kappa shape index (κ3) is 7.39. The van der Waals surface area contributed by atoms with Crippen LogP contribution in [-0.4, -0.2) is 29.7 Å². The summed E-state index contributed by atoms with van der Waals surface area (Å²) >= 11 is 0. The first-order valence-corrected chi connectivity index (χ1v) is 10.6. The van der Waals surface area contributed by atoms with E-state index in [1.54, 1.807) is 0 Å².